The molecule has 0 aliphatic heterocycles. The summed E-state index contributed by atoms with van der Waals surface area (Å²) in [6, 6.07) is 8.00. The molecular weight excluding hydrogens is 234 g/mol. The van der Waals surface area contributed by atoms with E-state index in [4.69, 9.17) is 17.0 Å². The van der Waals surface area contributed by atoms with Crippen LogP contribution in [0, 0.1) is 0 Å². The molecule has 0 heterocycles. The van der Waals surface area contributed by atoms with Gasteiger partial charge in [-0.15, -0.1) is 0 Å². The van der Waals surface area contributed by atoms with Crippen molar-refractivity contribution >= 4 is 24.9 Å². The molecule has 0 spiro atoms. The summed E-state index contributed by atoms with van der Waals surface area (Å²) in [5.41, 5.74) is 1.14. The number of methoxy groups -OCH3 is 1. The first-order valence-electron chi connectivity index (χ1n) is 5.35. The molecule has 1 aromatic rings. The Morgan fingerprint density at radius 3 is 2.50 bits per heavy atom. The molecule has 2 nitrogen and oxygen atoms in total. The summed E-state index contributed by atoms with van der Waals surface area (Å²) in [5, 5.41) is 3.33. The molecule has 1 rings (SSSR count). The second-order valence-corrected chi connectivity index (χ2v) is 10.5. The van der Waals surface area contributed by atoms with Crippen LogP contribution in [0.3, 0.4) is 0 Å². The Balaban J connectivity index is 2.65. The summed E-state index contributed by atoms with van der Waals surface area (Å²) in [5.74, 6) is 0.911. The van der Waals surface area contributed by atoms with E-state index < -0.39 is 8.07 Å². The number of para-hydroxylation sites is 1. The zero-order chi connectivity index (χ0) is 12.2. The van der Waals surface area contributed by atoms with E-state index in [2.05, 4.69) is 31.0 Å². The first-order chi connectivity index (χ1) is 7.45. The molecule has 0 amide bonds. The minimum Gasteiger partial charge on any atom is -0.496 e. The maximum absolute atomic E-state index is 5.38. The molecule has 1 aromatic carbocycles. The van der Waals surface area contributed by atoms with Crippen molar-refractivity contribution in [3.8, 4) is 5.75 Å². The Kier molecular flexibility index (Phi) is 4.50. The lowest BCUT2D eigenvalue weighted by Gasteiger charge is -2.19. The van der Waals surface area contributed by atoms with E-state index in [9.17, 15) is 0 Å². The van der Waals surface area contributed by atoms with Gasteiger partial charge in [0.25, 0.3) is 0 Å². The van der Waals surface area contributed by atoms with Crippen molar-refractivity contribution in [3.05, 3.63) is 29.8 Å². The Hall–Kier alpha value is -0.873. The zero-order valence-corrected chi connectivity index (χ0v) is 12.1. The largest absolute Gasteiger partial charge is 0.496 e. The van der Waals surface area contributed by atoms with Crippen molar-refractivity contribution in [1.29, 1.82) is 0 Å². The van der Waals surface area contributed by atoms with Crippen molar-refractivity contribution in [2.75, 3.05) is 7.11 Å². The average Bonchev–Trinajstić information content (AvgIpc) is 2.24. The third-order valence-electron chi connectivity index (χ3n) is 2.31. The molecule has 0 atom stereocenters. The highest BCUT2D eigenvalue weighted by Crippen LogP contribution is 2.17. The SMILES string of the molecule is COc1ccccc1CNC(=S)[Si](C)(C)C. The van der Waals surface area contributed by atoms with E-state index in [1.54, 1.807) is 7.11 Å². The molecule has 0 aliphatic carbocycles. The van der Waals surface area contributed by atoms with Crippen LogP contribution in [0.4, 0.5) is 0 Å². The Morgan fingerprint density at radius 2 is 1.94 bits per heavy atom. The fraction of sp³-hybridized carbons (Fsp3) is 0.417. The minimum absolute atomic E-state index is 0.743. The summed E-state index contributed by atoms with van der Waals surface area (Å²) in [7, 11) is 0.328. The van der Waals surface area contributed by atoms with Crippen molar-refractivity contribution in [2.24, 2.45) is 0 Å². The first kappa shape index (κ1) is 13.2. The summed E-state index contributed by atoms with van der Waals surface area (Å²) < 4.78 is 6.30. The van der Waals surface area contributed by atoms with Gasteiger partial charge in [-0.25, -0.2) is 0 Å². The Labute approximate surface area is 104 Å². The summed E-state index contributed by atoms with van der Waals surface area (Å²) in [6.07, 6.45) is 0. The zero-order valence-electron chi connectivity index (χ0n) is 10.3. The van der Waals surface area contributed by atoms with Crippen LogP contribution in [0.15, 0.2) is 24.3 Å². The Morgan fingerprint density at radius 1 is 1.31 bits per heavy atom. The van der Waals surface area contributed by atoms with Crippen molar-refractivity contribution in [3.63, 3.8) is 0 Å². The summed E-state index contributed by atoms with van der Waals surface area (Å²) in [4.78, 5) is 0. The third-order valence-corrected chi connectivity index (χ3v) is 5.83. The van der Waals surface area contributed by atoms with Gasteiger partial charge in [0.1, 0.15) is 13.8 Å². The lowest BCUT2D eigenvalue weighted by atomic mass is 10.2. The quantitative estimate of drug-likeness (QED) is 0.658. The fourth-order valence-corrected chi connectivity index (χ4v) is 1.98. The van der Waals surface area contributed by atoms with E-state index in [-0.39, 0.29) is 0 Å². The van der Waals surface area contributed by atoms with Gasteiger partial charge >= 0.3 is 0 Å². The molecule has 0 aromatic heterocycles. The topological polar surface area (TPSA) is 21.3 Å². The molecule has 1 N–H and O–H groups in total. The maximum atomic E-state index is 5.38. The van der Waals surface area contributed by atoms with Crippen LogP contribution in [0.25, 0.3) is 0 Å². The van der Waals surface area contributed by atoms with Gasteiger partial charge < -0.3 is 10.1 Å². The molecule has 0 saturated carbocycles. The minimum atomic E-state index is -1.36. The van der Waals surface area contributed by atoms with E-state index >= 15 is 0 Å². The monoisotopic (exact) mass is 253 g/mol. The summed E-state index contributed by atoms with van der Waals surface area (Å²) >= 11 is 5.38. The lowest BCUT2D eigenvalue weighted by molar-refractivity contribution is 0.409. The highest BCUT2D eigenvalue weighted by Gasteiger charge is 2.19. The van der Waals surface area contributed by atoms with Gasteiger partial charge in [-0.3, -0.25) is 0 Å². The van der Waals surface area contributed by atoms with Crippen LogP contribution in [0.1, 0.15) is 5.56 Å². The lowest BCUT2D eigenvalue weighted by Crippen LogP contribution is -2.42. The van der Waals surface area contributed by atoms with Crippen molar-refractivity contribution in [1.82, 2.24) is 5.32 Å². The fourth-order valence-electron chi connectivity index (χ4n) is 1.29. The number of hydrogen-bond donors (Lipinski definition) is 1. The molecule has 4 heteroatoms. The molecule has 0 unspecified atom stereocenters. The van der Waals surface area contributed by atoms with Gasteiger partial charge in [-0.05, 0) is 6.07 Å². The standard InChI is InChI=1S/C12H19NOSSi/c1-14-11-8-6-5-7-10(11)9-13-12(15)16(2,3)4/h5-8H,9H2,1-4H3,(H,13,15). The van der Waals surface area contributed by atoms with Gasteiger partial charge in [0.05, 0.1) is 11.7 Å². The molecule has 16 heavy (non-hydrogen) atoms. The van der Waals surface area contributed by atoms with Crippen molar-refractivity contribution < 1.29 is 4.74 Å². The van der Waals surface area contributed by atoms with Crippen molar-refractivity contribution in [2.45, 2.75) is 26.2 Å². The van der Waals surface area contributed by atoms with E-state index in [0.29, 0.717) is 0 Å². The van der Waals surface area contributed by atoms with E-state index in [0.717, 1.165) is 22.5 Å². The number of nitrogens with one attached hydrogen (secondary N) is 1. The van der Waals surface area contributed by atoms with Crippen LogP contribution in [0.2, 0.25) is 19.6 Å². The first-order valence-corrected chi connectivity index (χ1v) is 9.26. The second-order valence-electron chi connectivity index (χ2n) is 4.74. The number of benzene rings is 1. The number of rotatable bonds is 4. The maximum Gasteiger partial charge on any atom is 0.123 e. The van der Waals surface area contributed by atoms with Gasteiger partial charge in [-0.1, -0.05) is 50.1 Å². The highest BCUT2D eigenvalue weighted by molar-refractivity contribution is 7.84. The normalized spacial score (nSPS) is 11.0. The van der Waals surface area contributed by atoms with Crippen LogP contribution >= 0.6 is 12.2 Å². The Bertz CT molecular complexity index is 374. The molecule has 0 saturated heterocycles. The van der Waals surface area contributed by atoms with E-state index in [1.807, 2.05) is 18.2 Å². The summed E-state index contributed by atoms with van der Waals surface area (Å²) in [6.45, 7) is 7.47. The molecule has 88 valence electrons. The third kappa shape index (κ3) is 3.61. The molecule has 0 aliphatic rings. The predicted molar refractivity (Wildman–Crippen MR) is 75.8 cm³/mol. The molecule has 0 bridgehead atoms. The predicted octanol–water partition coefficient (Wildman–Crippen LogP) is 2.99. The molecule has 0 fully saturated rings. The van der Waals surface area contributed by atoms with E-state index in [1.165, 1.54) is 0 Å². The van der Waals surface area contributed by atoms with Crippen LogP contribution in [-0.4, -0.2) is 19.8 Å². The highest BCUT2D eigenvalue weighted by atomic mass is 32.1. The van der Waals surface area contributed by atoms with Crippen LogP contribution in [-0.2, 0) is 6.54 Å². The van der Waals surface area contributed by atoms with Gasteiger partial charge in [0.15, 0.2) is 0 Å². The average molecular weight is 253 g/mol. The number of thiocarbonyl (C=S) groups is 1. The molecular formula is C12H19NOSSi. The van der Waals surface area contributed by atoms with Gasteiger partial charge in [-0.2, -0.15) is 0 Å². The van der Waals surface area contributed by atoms with Crippen LogP contribution < -0.4 is 10.1 Å². The second kappa shape index (κ2) is 5.45. The number of hydrogen-bond acceptors (Lipinski definition) is 2. The van der Waals surface area contributed by atoms with Crippen LogP contribution in [0.5, 0.6) is 5.75 Å². The van der Waals surface area contributed by atoms with Gasteiger partial charge in [0.2, 0.25) is 0 Å². The number of ether oxygens (including phenoxy) is 1. The van der Waals surface area contributed by atoms with Gasteiger partial charge in [0, 0.05) is 12.1 Å². The molecule has 0 radical (unpaired) electrons. The smallest absolute Gasteiger partial charge is 0.123 e.